The maximum Gasteiger partial charge on any atom is 0.257 e. The molecule has 0 aromatic carbocycles. The van der Waals surface area contributed by atoms with Crippen molar-refractivity contribution >= 4 is 22.8 Å². The SMILES string of the molecule is CC1CN=C(N2CCN(C(=O)c3cccnc3-n3ccnc3)CC2)S1. The lowest BCUT2D eigenvalue weighted by Crippen LogP contribution is -2.50. The van der Waals surface area contributed by atoms with Gasteiger partial charge in [0.1, 0.15) is 6.33 Å². The van der Waals surface area contributed by atoms with Gasteiger partial charge in [-0.3, -0.25) is 14.4 Å². The molecule has 2 aliphatic rings. The molecule has 2 aromatic rings. The molecule has 4 heterocycles. The van der Waals surface area contributed by atoms with Crippen molar-refractivity contribution in [3.63, 3.8) is 0 Å². The lowest BCUT2D eigenvalue weighted by molar-refractivity contribution is 0.0693. The fourth-order valence-corrected chi connectivity index (χ4v) is 4.05. The summed E-state index contributed by atoms with van der Waals surface area (Å²) in [5.41, 5.74) is 0.607. The first-order chi connectivity index (χ1) is 12.2. The first-order valence-corrected chi connectivity index (χ1v) is 9.29. The van der Waals surface area contributed by atoms with Gasteiger partial charge in [0.15, 0.2) is 11.0 Å². The zero-order valence-electron chi connectivity index (χ0n) is 14.1. The van der Waals surface area contributed by atoms with Crippen molar-refractivity contribution in [2.75, 3.05) is 32.7 Å². The van der Waals surface area contributed by atoms with Gasteiger partial charge < -0.3 is 9.80 Å². The maximum atomic E-state index is 13.0. The third-order valence-corrected chi connectivity index (χ3v) is 5.54. The predicted octanol–water partition coefficient (Wildman–Crippen LogP) is 1.52. The van der Waals surface area contributed by atoms with Crippen molar-refractivity contribution in [1.29, 1.82) is 0 Å². The first kappa shape index (κ1) is 16.1. The van der Waals surface area contributed by atoms with Crippen LogP contribution in [0, 0.1) is 0 Å². The smallest absolute Gasteiger partial charge is 0.257 e. The third-order valence-electron chi connectivity index (χ3n) is 4.39. The lowest BCUT2D eigenvalue weighted by atomic mass is 10.2. The molecule has 1 unspecified atom stereocenters. The molecule has 25 heavy (non-hydrogen) atoms. The van der Waals surface area contributed by atoms with E-state index in [2.05, 4.69) is 26.8 Å². The molecule has 7 nitrogen and oxygen atoms in total. The number of piperazine rings is 1. The van der Waals surface area contributed by atoms with Crippen LogP contribution in [-0.4, -0.2) is 73.4 Å². The summed E-state index contributed by atoms with van der Waals surface area (Å²) in [6.07, 6.45) is 6.84. The van der Waals surface area contributed by atoms with Gasteiger partial charge in [0.2, 0.25) is 0 Å². The fourth-order valence-electron chi connectivity index (χ4n) is 3.06. The monoisotopic (exact) mass is 356 g/mol. The van der Waals surface area contributed by atoms with Gasteiger partial charge in [-0.2, -0.15) is 0 Å². The van der Waals surface area contributed by atoms with E-state index in [-0.39, 0.29) is 5.91 Å². The Balaban J connectivity index is 1.47. The zero-order valence-corrected chi connectivity index (χ0v) is 14.9. The molecule has 2 aromatic heterocycles. The summed E-state index contributed by atoms with van der Waals surface area (Å²) in [5.74, 6) is 0.641. The van der Waals surface area contributed by atoms with Crippen molar-refractivity contribution < 1.29 is 4.79 Å². The molecule has 8 heteroatoms. The number of amidine groups is 1. The Labute approximate surface area is 150 Å². The van der Waals surface area contributed by atoms with Crippen LogP contribution < -0.4 is 0 Å². The summed E-state index contributed by atoms with van der Waals surface area (Å²) in [4.78, 5) is 30.2. The number of amides is 1. The molecule has 2 aliphatic heterocycles. The van der Waals surface area contributed by atoms with E-state index in [9.17, 15) is 4.79 Å². The molecular formula is C17H20N6OS. The summed E-state index contributed by atoms with van der Waals surface area (Å²) in [7, 11) is 0. The molecular weight excluding hydrogens is 336 g/mol. The van der Waals surface area contributed by atoms with E-state index in [1.165, 1.54) is 0 Å². The predicted molar refractivity (Wildman–Crippen MR) is 98.2 cm³/mol. The van der Waals surface area contributed by atoms with E-state index >= 15 is 0 Å². The highest BCUT2D eigenvalue weighted by Gasteiger charge is 2.28. The van der Waals surface area contributed by atoms with Gasteiger partial charge in [0.05, 0.1) is 12.1 Å². The van der Waals surface area contributed by atoms with E-state index in [1.807, 2.05) is 22.7 Å². The number of aliphatic imine (C=N–C) groups is 1. The van der Waals surface area contributed by atoms with Crippen LogP contribution in [0.4, 0.5) is 0 Å². The summed E-state index contributed by atoms with van der Waals surface area (Å²) < 4.78 is 1.77. The Hall–Kier alpha value is -2.35. The minimum atomic E-state index is 0.0193. The molecule has 1 amide bonds. The normalized spacial score (nSPS) is 20.7. The fraction of sp³-hybridized carbons (Fsp3) is 0.412. The first-order valence-electron chi connectivity index (χ1n) is 8.41. The van der Waals surface area contributed by atoms with Gasteiger partial charge in [0, 0.05) is 50.0 Å². The number of hydrogen-bond donors (Lipinski definition) is 0. The van der Waals surface area contributed by atoms with E-state index in [0.717, 1.165) is 24.8 Å². The van der Waals surface area contributed by atoms with Crippen LogP contribution in [0.3, 0.4) is 0 Å². The Morgan fingerprint density at radius 2 is 2.08 bits per heavy atom. The molecule has 1 atom stereocenters. The van der Waals surface area contributed by atoms with Crippen LogP contribution in [0.5, 0.6) is 0 Å². The maximum absolute atomic E-state index is 13.0. The molecule has 0 aliphatic carbocycles. The summed E-state index contributed by atoms with van der Waals surface area (Å²) in [5, 5.41) is 1.68. The van der Waals surface area contributed by atoms with Gasteiger partial charge in [0.25, 0.3) is 5.91 Å². The molecule has 0 bridgehead atoms. The number of aromatic nitrogens is 3. The number of thioether (sulfide) groups is 1. The van der Waals surface area contributed by atoms with Crippen molar-refractivity contribution in [2.45, 2.75) is 12.2 Å². The van der Waals surface area contributed by atoms with E-state index in [4.69, 9.17) is 0 Å². The molecule has 0 radical (unpaired) electrons. The number of carbonyl (C=O) groups is 1. The van der Waals surface area contributed by atoms with Crippen LogP contribution >= 0.6 is 11.8 Å². The molecule has 0 N–H and O–H groups in total. The highest BCUT2D eigenvalue weighted by molar-refractivity contribution is 8.14. The number of hydrogen-bond acceptors (Lipinski definition) is 6. The number of nitrogens with zero attached hydrogens (tertiary/aromatic N) is 6. The second-order valence-electron chi connectivity index (χ2n) is 6.18. The second-order valence-corrected chi connectivity index (χ2v) is 7.58. The molecule has 1 fully saturated rings. The van der Waals surface area contributed by atoms with E-state index < -0.39 is 0 Å². The van der Waals surface area contributed by atoms with Crippen molar-refractivity contribution in [1.82, 2.24) is 24.3 Å². The number of rotatable bonds is 2. The van der Waals surface area contributed by atoms with Gasteiger partial charge in [-0.25, -0.2) is 9.97 Å². The van der Waals surface area contributed by atoms with Gasteiger partial charge in [-0.1, -0.05) is 18.7 Å². The standard InChI is InChI=1S/C17H20N6OS/c1-13-11-20-17(25-13)22-9-7-21(8-10-22)16(24)14-3-2-4-19-15(14)23-6-5-18-12-23/h2-6,12-13H,7-11H2,1H3. The zero-order chi connectivity index (χ0) is 17.2. The molecule has 0 spiro atoms. The van der Waals surface area contributed by atoms with E-state index in [1.54, 1.807) is 35.6 Å². The molecule has 4 rings (SSSR count). The second kappa shape index (κ2) is 6.87. The summed E-state index contributed by atoms with van der Waals surface area (Å²) >= 11 is 1.83. The number of pyridine rings is 1. The van der Waals surface area contributed by atoms with Crippen LogP contribution in [0.2, 0.25) is 0 Å². The van der Waals surface area contributed by atoms with Crippen LogP contribution in [0.1, 0.15) is 17.3 Å². The van der Waals surface area contributed by atoms with Gasteiger partial charge >= 0.3 is 0 Å². The summed E-state index contributed by atoms with van der Waals surface area (Å²) in [6, 6.07) is 3.63. The molecule has 1 saturated heterocycles. The topological polar surface area (TPSA) is 66.6 Å². The average molecular weight is 356 g/mol. The number of carbonyl (C=O) groups excluding carboxylic acids is 1. The number of imidazole rings is 1. The lowest BCUT2D eigenvalue weighted by Gasteiger charge is -2.35. The van der Waals surface area contributed by atoms with Crippen molar-refractivity contribution in [3.8, 4) is 5.82 Å². The van der Waals surface area contributed by atoms with E-state index in [0.29, 0.717) is 29.7 Å². The third kappa shape index (κ3) is 3.26. The van der Waals surface area contributed by atoms with Gasteiger partial charge in [-0.05, 0) is 12.1 Å². The molecule has 130 valence electrons. The van der Waals surface area contributed by atoms with Crippen LogP contribution in [0.15, 0.2) is 42.0 Å². The highest BCUT2D eigenvalue weighted by Crippen LogP contribution is 2.24. The van der Waals surface area contributed by atoms with Crippen molar-refractivity contribution in [3.05, 3.63) is 42.6 Å². The Morgan fingerprint density at radius 1 is 1.24 bits per heavy atom. The average Bonchev–Trinajstić information content (AvgIpc) is 3.33. The largest absolute Gasteiger partial charge is 0.348 e. The quantitative estimate of drug-likeness (QED) is 0.816. The van der Waals surface area contributed by atoms with Crippen LogP contribution in [0.25, 0.3) is 5.82 Å². The van der Waals surface area contributed by atoms with Crippen LogP contribution in [-0.2, 0) is 0 Å². The summed E-state index contributed by atoms with van der Waals surface area (Å²) in [6.45, 7) is 6.14. The minimum absolute atomic E-state index is 0.0193. The Bertz CT molecular complexity index is 782. The molecule has 0 saturated carbocycles. The van der Waals surface area contributed by atoms with Gasteiger partial charge in [-0.15, -0.1) is 0 Å². The highest BCUT2D eigenvalue weighted by atomic mass is 32.2. The minimum Gasteiger partial charge on any atom is -0.348 e. The Morgan fingerprint density at radius 3 is 2.76 bits per heavy atom. The Kier molecular flexibility index (Phi) is 4.44. The van der Waals surface area contributed by atoms with Crippen molar-refractivity contribution in [2.24, 2.45) is 4.99 Å².